The predicted molar refractivity (Wildman–Crippen MR) is 99.2 cm³/mol. The van der Waals surface area contributed by atoms with Crippen molar-refractivity contribution in [3.05, 3.63) is 55.0 Å². The van der Waals surface area contributed by atoms with Crippen molar-refractivity contribution in [1.82, 2.24) is 14.8 Å². The first-order chi connectivity index (χ1) is 12.3. The fraction of sp³-hybridized carbons (Fsp3) is 0.263. The number of nitrogens with one attached hydrogen (secondary N) is 1. The van der Waals surface area contributed by atoms with E-state index in [4.69, 9.17) is 4.74 Å². The van der Waals surface area contributed by atoms with Crippen molar-refractivity contribution in [3.63, 3.8) is 0 Å². The van der Waals surface area contributed by atoms with Crippen molar-refractivity contribution in [2.45, 2.75) is 0 Å². The van der Waals surface area contributed by atoms with E-state index in [2.05, 4.69) is 44.6 Å². The number of benzene rings is 1. The van der Waals surface area contributed by atoms with E-state index < -0.39 is 0 Å². The fourth-order valence-corrected chi connectivity index (χ4v) is 2.97. The third kappa shape index (κ3) is 3.64. The molecule has 3 aromatic rings. The Morgan fingerprint density at radius 3 is 2.56 bits per heavy atom. The van der Waals surface area contributed by atoms with E-state index in [-0.39, 0.29) is 0 Å². The second-order valence-electron chi connectivity index (χ2n) is 6.10. The van der Waals surface area contributed by atoms with Gasteiger partial charge in [0.25, 0.3) is 0 Å². The molecule has 2 aromatic heterocycles. The second kappa shape index (κ2) is 6.94. The number of anilines is 3. The van der Waals surface area contributed by atoms with E-state index in [1.165, 1.54) is 5.69 Å². The van der Waals surface area contributed by atoms with Gasteiger partial charge in [0.2, 0.25) is 0 Å². The van der Waals surface area contributed by atoms with Gasteiger partial charge in [0.1, 0.15) is 5.82 Å². The van der Waals surface area contributed by atoms with Crippen molar-refractivity contribution < 1.29 is 4.74 Å². The normalized spacial score (nSPS) is 14.5. The van der Waals surface area contributed by atoms with Gasteiger partial charge < -0.3 is 15.0 Å². The van der Waals surface area contributed by atoms with Gasteiger partial charge in [0.05, 0.1) is 19.4 Å². The molecule has 3 heterocycles. The molecule has 1 aliphatic rings. The van der Waals surface area contributed by atoms with Crippen molar-refractivity contribution in [1.29, 1.82) is 0 Å². The first-order valence-corrected chi connectivity index (χ1v) is 8.43. The highest BCUT2D eigenvalue weighted by Gasteiger charge is 2.11. The lowest BCUT2D eigenvalue weighted by atomic mass is 10.1. The number of morpholine rings is 1. The Labute approximate surface area is 147 Å². The Morgan fingerprint density at radius 1 is 1.04 bits per heavy atom. The molecule has 0 spiro atoms. The lowest BCUT2D eigenvalue weighted by molar-refractivity contribution is 0.122. The molecule has 4 rings (SSSR count). The van der Waals surface area contributed by atoms with Gasteiger partial charge in [0.15, 0.2) is 0 Å². The summed E-state index contributed by atoms with van der Waals surface area (Å²) in [6, 6.07) is 12.5. The molecule has 6 nitrogen and oxygen atoms in total. The molecule has 0 bridgehead atoms. The number of hydrogen-bond acceptors (Lipinski definition) is 5. The molecule has 0 saturated carbocycles. The molecule has 1 aromatic carbocycles. The van der Waals surface area contributed by atoms with Crippen LogP contribution in [-0.2, 0) is 11.8 Å². The third-order valence-electron chi connectivity index (χ3n) is 4.31. The monoisotopic (exact) mass is 335 g/mol. The van der Waals surface area contributed by atoms with Crippen LogP contribution in [0.15, 0.2) is 55.0 Å². The number of aryl methyl sites for hydroxylation is 1. The summed E-state index contributed by atoms with van der Waals surface area (Å²) in [5.41, 5.74) is 4.42. The number of ether oxygens (including phenoxy) is 1. The van der Waals surface area contributed by atoms with E-state index in [0.29, 0.717) is 0 Å². The van der Waals surface area contributed by atoms with Crippen LogP contribution in [0.5, 0.6) is 0 Å². The fourth-order valence-electron chi connectivity index (χ4n) is 2.97. The zero-order chi connectivity index (χ0) is 17.1. The van der Waals surface area contributed by atoms with Crippen LogP contribution in [0.3, 0.4) is 0 Å². The number of rotatable bonds is 4. The maximum Gasteiger partial charge on any atom is 0.130 e. The van der Waals surface area contributed by atoms with Gasteiger partial charge in [-0.15, -0.1) is 0 Å². The number of hydrogen-bond donors (Lipinski definition) is 1. The Kier molecular flexibility index (Phi) is 4.35. The van der Waals surface area contributed by atoms with Crippen molar-refractivity contribution in [2.75, 3.05) is 36.5 Å². The molecule has 1 aliphatic heterocycles. The molecule has 0 radical (unpaired) electrons. The molecule has 1 N–H and O–H groups in total. The van der Waals surface area contributed by atoms with Gasteiger partial charge in [-0.3, -0.25) is 4.68 Å². The lowest BCUT2D eigenvalue weighted by Crippen LogP contribution is -2.36. The molecule has 0 aliphatic carbocycles. The standard InChI is InChI=1S/C19H21N5O/c1-23-14-16(13-21-23)15-6-7-20-19(12-15)22-17-2-4-18(5-3-17)24-8-10-25-11-9-24/h2-7,12-14H,8-11H2,1H3,(H,20,22). The molecule has 6 heteroatoms. The summed E-state index contributed by atoms with van der Waals surface area (Å²) in [7, 11) is 1.92. The van der Waals surface area contributed by atoms with Crippen LogP contribution in [0.4, 0.5) is 17.2 Å². The first-order valence-electron chi connectivity index (χ1n) is 8.43. The molecule has 0 atom stereocenters. The number of aromatic nitrogens is 3. The maximum absolute atomic E-state index is 5.40. The minimum absolute atomic E-state index is 0.797. The average Bonchev–Trinajstić information content (AvgIpc) is 3.10. The van der Waals surface area contributed by atoms with E-state index >= 15 is 0 Å². The van der Waals surface area contributed by atoms with E-state index in [9.17, 15) is 0 Å². The molecular formula is C19H21N5O. The summed E-state index contributed by atoms with van der Waals surface area (Å²) in [4.78, 5) is 6.76. The minimum Gasteiger partial charge on any atom is -0.378 e. The smallest absolute Gasteiger partial charge is 0.130 e. The van der Waals surface area contributed by atoms with Crippen LogP contribution in [-0.4, -0.2) is 41.1 Å². The summed E-state index contributed by atoms with van der Waals surface area (Å²) in [5.74, 6) is 0.820. The SMILES string of the molecule is Cn1cc(-c2ccnc(Nc3ccc(N4CCOCC4)cc3)c2)cn1. The summed E-state index contributed by atoms with van der Waals surface area (Å²) >= 11 is 0. The summed E-state index contributed by atoms with van der Waals surface area (Å²) in [5, 5.41) is 7.59. The van der Waals surface area contributed by atoms with Crippen LogP contribution in [0.2, 0.25) is 0 Å². The average molecular weight is 335 g/mol. The van der Waals surface area contributed by atoms with Crippen LogP contribution in [0.25, 0.3) is 11.1 Å². The van der Waals surface area contributed by atoms with Crippen LogP contribution >= 0.6 is 0 Å². The van der Waals surface area contributed by atoms with E-state index in [1.807, 2.05) is 37.8 Å². The highest BCUT2D eigenvalue weighted by atomic mass is 16.5. The van der Waals surface area contributed by atoms with E-state index in [1.54, 1.807) is 4.68 Å². The zero-order valence-electron chi connectivity index (χ0n) is 14.2. The summed E-state index contributed by atoms with van der Waals surface area (Å²) < 4.78 is 7.20. The van der Waals surface area contributed by atoms with Crippen LogP contribution in [0, 0.1) is 0 Å². The van der Waals surface area contributed by atoms with Gasteiger partial charge >= 0.3 is 0 Å². The highest BCUT2D eigenvalue weighted by molar-refractivity contribution is 5.68. The topological polar surface area (TPSA) is 55.2 Å². The van der Waals surface area contributed by atoms with Gasteiger partial charge in [-0.1, -0.05) is 0 Å². The second-order valence-corrected chi connectivity index (χ2v) is 6.10. The zero-order valence-corrected chi connectivity index (χ0v) is 14.2. The van der Waals surface area contributed by atoms with Gasteiger partial charge in [-0.2, -0.15) is 5.10 Å². The number of pyridine rings is 1. The Hall–Kier alpha value is -2.86. The molecule has 1 saturated heterocycles. The molecule has 0 unspecified atom stereocenters. The molecule has 0 amide bonds. The Balaban J connectivity index is 1.48. The van der Waals surface area contributed by atoms with Gasteiger partial charge in [-0.25, -0.2) is 4.98 Å². The minimum atomic E-state index is 0.797. The largest absolute Gasteiger partial charge is 0.378 e. The molecule has 25 heavy (non-hydrogen) atoms. The van der Waals surface area contributed by atoms with Crippen LogP contribution < -0.4 is 10.2 Å². The van der Waals surface area contributed by atoms with Crippen molar-refractivity contribution in [2.24, 2.45) is 7.05 Å². The Morgan fingerprint density at radius 2 is 1.84 bits per heavy atom. The van der Waals surface area contributed by atoms with Gasteiger partial charge in [-0.05, 0) is 42.0 Å². The highest BCUT2D eigenvalue weighted by Crippen LogP contribution is 2.24. The van der Waals surface area contributed by atoms with E-state index in [0.717, 1.165) is 48.9 Å². The third-order valence-corrected chi connectivity index (χ3v) is 4.31. The lowest BCUT2D eigenvalue weighted by Gasteiger charge is -2.28. The summed E-state index contributed by atoms with van der Waals surface area (Å²) in [6.45, 7) is 3.49. The molecule has 128 valence electrons. The van der Waals surface area contributed by atoms with Crippen molar-refractivity contribution >= 4 is 17.2 Å². The van der Waals surface area contributed by atoms with Gasteiger partial charge in [0, 0.05) is 49.5 Å². The quantitative estimate of drug-likeness (QED) is 0.794. The van der Waals surface area contributed by atoms with Crippen molar-refractivity contribution in [3.8, 4) is 11.1 Å². The Bertz CT molecular complexity index is 837. The molecule has 1 fully saturated rings. The maximum atomic E-state index is 5.40. The first kappa shape index (κ1) is 15.7. The predicted octanol–water partition coefficient (Wildman–Crippen LogP) is 3.06. The summed E-state index contributed by atoms with van der Waals surface area (Å²) in [6.07, 6.45) is 5.67. The molecular weight excluding hydrogens is 314 g/mol. The van der Waals surface area contributed by atoms with Crippen LogP contribution in [0.1, 0.15) is 0 Å². The number of nitrogens with zero attached hydrogens (tertiary/aromatic N) is 4.